The van der Waals surface area contributed by atoms with E-state index in [9.17, 15) is 9.13 Å². The number of para-hydroxylation sites is 2. The van der Waals surface area contributed by atoms with Gasteiger partial charge >= 0.3 is 26.7 Å². The molecule has 0 heterocycles. The van der Waals surface area contributed by atoms with Crippen molar-refractivity contribution in [3.05, 3.63) is 107 Å². The molecule has 0 amide bonds. The van der Waals surface area contributed by atoms with Crippen LogP contribution in [0, 0.1) is 27.7 Å². The predicted molar refractivity (Wildman–Crippen MR) is 183 cm³/mol. The molecular weight excluding hydrogens is 602 g/mol. The molecule has 8 heteroatoms. The van der Waals surface area contributed by atoms with Crippen LogP contribution in [0.3, 0.4) is 0 Å². The van der Waals surface area contributed by atoms with E-state index >= 15 is 0 Å². The third-order valence-corrected chi connectivity index (χ3v) is 11.7. The molecule has 4 aromatic rings. The molecule has 0 fully saturated rings. The summed E-state index contributed by atoms with van der Waals surface area (Å²) < 4.78 is 51.6. The van der Waals surface area contributed by atoms with Crippen LogP contribution >= 0.6 is 16.1 Å². The Morgan fingerprint density at radius 2 is 0.911 bits per heavy atom. The van der Waals surface area contributed by atoms with Crippen LogP contribution in [-0.2, 0) is 9.13 Å². The molecule has 0 bridgehead atoms. The molecule has 0 aromatic heterocycles. The molecule has 3 atom stereocenters. The second-order valence-electron chi connectivity index (χ2n) is 11.6. The SMILES string of the molecule is CCC(C)(Oc1c(C)cccc1C)[P+](=O)Oc1ccc(-c2ccc(O[P+](=O)C(CC)(CC)Oc3c(C)cccc3C)cc2)cc1. The van der Waals surface area contributed by atoms with E-state index in [1.165, 1.54) is 0 Å². The molecule has 0 N–H and O–H groups in total. The van der Waals surface area contributed by atoms with E-state index in [2.05, 4.69) is 0 Å². The van der Waals surface area contributed by atoms with Gasteiger partial charge in [-0.1, -0.05) is 81.4 Å². The summed E-state index contributed by atoms with van der Waals surface area (Å²) in [5.41, 5.74) is 5.89. The van der Waals surface area contributed by atoms with Crippen molar-refractivity contribution in [2.45, 2.75) is 85.3 Å². The van der Waals surface area contributed by atoms with Crippen LogP contribution in [-0.4, -0.2) is 10.7 Å². The van der Waals surface area contributed by atoms with Gasteiger partial charge in [0, 0.05) is 26.2 Å². The van der Waals surface area contributed by atoms with Gasteiger partial charge in [-0.25, -0.2) is 0 Å². The highest BCUT2D eigenvalue weighted by molar-refractivity contribution is 7.41. The van der Waals surface area contributed by atoms with Crippen LogP contribution < -0.4 is 18.5 Å². The van der Waals surface area contributed by atoms with E-state index in [0.717, 1.165) is 44.9 Å². The van der Waals surface area contributed by atoms with Gasteiger partial charge in [0.1, 0.15) is 11.5 Å². The minimum atomic E-state index is -2.19. The standard InChI is InChI=1S/C37H44O6P2/c1-9-36(8,40-34-26(4)14-12-15-27(34)5)44(38)42-32-22-18-30(19-23-32)31-20-24-33(25-21-31)43-45(39)37(10-2,11-3)41-35-28(6)16-13-17-29(35)7/h12-25H,9-11H2,1-8H3/q+2. The number of benzene rings is 4. The highest BCUT2D eigenvalue weighted by atomic mass is 31.1. The Bertz CT molecular complexity index is 1600. The first-order valence-electron chi connectivity index (χ1n) is 15.5. The smallest absolute Gasteiger partial charge is 0.441 e. The molecule has 0 aliphatic carbocycles. The van der Waals surface area contributed by atoms with Crippen molar-refractivity contribution in [3.63, 3.8) is 0 Å². The van der Waals surface area contributed by atoms with Crippen molar-refractivity contribution >= 4 is 16.1 Å². The summed E-state index contributed by atoms with van der Waals surface area (Å²) in [5.74, 6) is 2.51. The Kier molecular flexibility index (Phi) is 11.1. The number of aryl methyl sites for hydroxylation is 4. The molecule has 0 radical (unpaired) electrons. The molecule has 4 rings (SSSR count). The van der Waals surface area contributed by atoms with Crippen molar-refractivity contribution in [2.24, 2.45) is 0 Å². The fourth-order valence-corrected chi connectivity index (χ4v) is 7.14. The first kappa shape index (κ1) is 34.2. The number of hydrogen-bond donors (Lipinski definition) is 0. The fourth-order valence-electron chi connectivity index (χ4n) is 5.05. The Labute approximate surface area is 269 Å². The van der Waals surface area contributed by atoms with Crippen LogP contribution in [0.1, 0.15) is 69.2 Å². The number of rotatable bonds is 14. The quantitative estimate of drug-likeness (QED) is 0.127. The Hall–Kier alpha value is -3.72. The molecule has 45 heavy (non-hydrogen) atoms. The van der Waals surface area contributed by atoms with Crippen LogP contribution in [0.15, 0.2) is 84.9 Å². The number of ether oxygens (including phenoxy) is 2. The maximum atomic E-state index is 13.6. The van der Waals surface area contributed by atoms with Crippen LogP contribution in [0.5, 0.6) is 23.0 Å². The molecule has 0 saturated heterocycles. The molecule has 0 saturated carbocycles. The van der Waals surface area contributed by atoms with Gasteiger partial charge in [-0.15, -0.1) is 0 Å². The third-order valence-electron chi connectivity index (χ3n) is 8.33. The third kappa shape index (κ3) is 7.75. The second kappa shape index (κ2) is 14.6. The van der Waals surface area contributed by atoms with Gasteiger partial charge in [-0.05, 0) is 94.5 Å². The molecule has 0 aliphatic heterocycles. The largest absolute Gasteiger partial charge is 0.604 e. The van der Waals surface area contributed by atoms with E-state index in [1.807, 2.05) is 128 Å². The predicted octanol–water partition coefficient (Wildman–Crippen LogP) is 11.6. The van der Waals surface area contributed by atoms with Gasteiger partial charge in [0.05, 0.1) is 0 Å². The van der Waals surface area contributed by atoms with Crippen molar-refractivity contribution < 1.29 is 27.7 Å². The average Bonchev–Trinajstić information content (AvgIpc) is 3.03. The summed E-state index contributed by atoms with van der Waals surface area (Å²) in [6.45, 7) is 15.7. The Morgan fingerprint density at radius 3 is 1.29 bits per heavy atom. The highest BCUT2D eigenvalue weighted by Gasteiger charge is 2.53. The summed E-state index contributed by atoms with van der Waals surface area (Å²) in [6.07, 6.45) is 1.60. The topological polar surface area (TPSA) is 71.1 Å². The summed E-state index contributed by atoms with van der Waals surface area (Å²) in [5, 5.41) is -1.93. The van der Waals surface area contributed by atoms with Crippen molar-refractivity contribution in [2.75, 3.05) is 0 Å². The molecular formula is C37H44O6P2+2. The van der Waals surface area contributed by atoms with Crippen molar-refractivity contribution in [1.29, 1.82) is 0 Å². The van der Waals surface area contributed by atoms with Gasteiger partial charge < -0.3 is 9.47 Å². The lowest BCUT2D eigenvalue weighted by Crippen LogP contribution is -2.32. The van der Waals surface area contributed by atoms with Crippen LogP contribution in [0.25, 0.3) is 11.1 Å². The zero-order chi connectivity index (χ0) is 32.8. The van der Waals surface area contributed by atoms with Gasteiger partial charge in [0.2, 0.25) is 0 Å². The maximum Gasteiger partial charge on any atom is 0.604 e. The minimum absolute atomic E-state index is 0.501. The molecule has 3 unspecified atom stereocenters. The Balaban J connectivity index is 1.43. The van der Waals surface area contributed by atoms with Crippen LogP contribution in [0.4, 0.5) is 0 Å². The first-order valence-corrected chi connectivity index (χ1v) is 17.8. The van der Waals surface area contributed by atoms with E-state index in [1.54, 1.807) is 12.1 Å². The van der Waals surface area contributed by atoms with Gasteiger partial charge in [0.15, 0.2) is 11.5 Å². The van der Waals surface area contributed by atoms with Crippen LogP contribution in [0.2, 0.25) is 0 Å². The minimum Gasteiger partial charge on any atom is -0.441 e. The zero-order valence-electron chi connectivity index (χ0n) is 27.5. The normalized spacial score (nSPS) is 13.4. The number of hydrogen-bond acceptors (Lipinski definition) is 6. The lowest BCUT2D eigenvalue weighted by molar-refractivity contribution is 0.133. The van der Waals surface area contributed by atoms with Crippen molar-refractivity contribution in [1.82, 2.24) is 0 Å². The van der Waals surface area contributed by atoms with E-state index in [-0.39, 0.29) is 0 Å². The first-order chi connectivity index (χ1) is 21.4. The zero-order valence-corrected chi connectivity index (χ0v) is 29.3. The lowest BCUT2D eigenvalue weighted by Gasteiger charge is -2.23. The van der Waals surface area contributed by atoms with Gasteiger partial charge in [-0.3, -0.25) is 9.05 Å². The van der Waals surface area contributed by atoms with Gasteiger partial charge in [-0.2, -0.15) is 0 Å². The molecule has 0 aliphatic rings. The monoisotopic (exact) mass is 646 g/mol. The van der Waals surface area contributed by atoms with E-state index in [0.29, 0.717) is 30.8 Å². The molecule has 0 spiro atoms. The molecule has 6 nitrogen and oxygen atoms in total. The van der Waals surface area contributed by atoms with E-state index < -0.39 is 26.7 Å². The van der Waals surface area contributed by atoms with Crippen molar-refractivity contribution in [3.8, 4) is 34.1 Å². The van der Waals surface area contributed by atoms with Gasteiger partial charge in [0.25, 0.3) is 0 Å². The summed E-state index contributed by atoms with van der Waals surface area (Å²) in [4.78, 5) is 0. The lowest BCUT2D eigenvalue weighted by atomic mass is 10.1. The summed E-state index contributed by atoms with van der Waals surface area (Å²) >= 11 is 0. The maximum absolute atomic E-state index is 13.6. The fraction of sp³-hybridized carbons (Fsp3) is 0.351. The summed E-state index contributed by atoms with van der Waals surface area (Å²) in [6, 6.07) is 26.8. The average molecular weight is 647 g/mol. The van der Waals surface area contributed by atoms with E-state index in [4.69, 9.17) is 18.5 Å². The highest BCUT2D eigenvalue weighted by Crippen LogP contribution is 2.48. The second-order valence-corrected chi connectivity index (χ2v) is 14.7. The molecule has 236 valence electrons. The summed E-state index contributed by atoms with van der Waals surface area (Å²) in [7, 11) is -4.38. The Morgan fingerprint density at radius 1 is 0.533 bits per heavy atom. The molecule has 4 aromatic carbocycles.